The number of likely N-dealkylation sites (tertiary alicyclic amines) is 1. The van der Waals surface area contributed by atoms with Gasteiger partial charge in [0.15, 0.2) is 0 Å². The van der Waals surface area contributed by atoms with Crippen molar-refractivity contribution in [3.05, 3.63) is 0 Å². The predicted molar refractivity (Wildman–Crippen MR) is 91.7 cm³/mol. The van der Waals surface area contributed by atoms with E-state index >= 15 is 0 Å². The summed E-state index contributed by atoms with van der Waals surface area (Å²) >= 11 is 0. The Labute approximate surface area is 132 Å². The standard InChI is InChI=1S/C19H37NO/c1-6-7-8-9-10-11-12-13-14-20-18(2,3)15-17(21)16-19(20,4)5/h6-16H2,1-5H3. The molecule has 1 aliphatic rings. The normalized spacial score (nSPS) is 21.7. The van der Waals surface area contributed by atoms with Gasteiger partial charge in [-0.15, -0.1) is 0 Å². The van der Waals surface area contributed by atoms with E-state index in [2.05, 4.69) is 39.5 Å². The molecular weight excluding hydrogens is 258 g/mol. The first-order chi connectivity index (χ1) is 9.79. The predicted octanol–water partition coefficient (Wildman–Crippen LogP) is 5.35. The molecule has 0 bridgehead atoms. The molecule has 2 heteroatoms. The molecule has 0 spiro atoms. The average molecular weight is 296 g/mol. The van der Waals surface area contributed by atoms with Crippen molar-refractivity contribution in [3.8, 4) is 0 Å². The lowest BCUT2D eigenvalue weighted by molar-refractivity contribution is -0.133. The summed E-state index contributed by atoms with van der Waals surface area (Å²) in [6, 6.07) is 0. The van der Waals surface area contributed by atoms with Crippen LogP contribution >= 0.6 is 0 Å². The second kappa shape index (κ2) is 8.31. The Kier molecular flexibility index (Phi) is 7.39. The van der Waals surface area contributed by atoms with Gasteiger partial charge in [0.05, 0.1) is 0 Å². The van der Waals surface area contributed by atoms with E-state index in [1.807, 2.05) is 0 Å². The van der Waals surface area contributed by atoms with Gasteiger partial charge in [-0.3, -0.25) is 9.69 Å². The molecule has 0 aromatic carbocycles. The number of piperidine rings is 1. The van der Waals surface area contributed by atoms with Gasteiger partial charge >= 0.3 is 0 Å². The van der Waals surface area contributed by atoms with Crippen molar-refractivity contribution in [2.24, 2.45) is 0 Å². The number of nitrogens with zero attached hydrogens (tertiary/aromatic N) is 1. The first kappa shape index (κ1) is 18.7. The summed E-state index contributed by atoms with van der Waals surface area (Å²) in [5.41, 5.74) is 0.0555. The molecule has 21 heavy (non-hydrogen) atoms. The SMILES string of the molecule is CCCCCCCCCCN1C(C)(C)CC(=O)CC1(C)C. The van der Waals surface area contributed by atoms with Crippen LogP contribution in [-0.2, 0) is 4.79 Å². The molecule has 0 aromatic heterocycles. The second-order valence-electron chi connectivity index (χ2n) is 8.14. The van der Waals surface area contributed by atoms with Crippen LogP contribution in [0.2, 0.25) is 0 Å². The summed E-state index contributed by atoms with van der Waals surface area (Å²) in [6.45, 7) is 12.3. The largest absolute Gasteiger partial charge is 0.300 e. The second-order valence-corrected chi connectivity index (χ2v) is 8.14. The van der Waals surface area contributed by atoms with Crippen LogP contribution in [0.3, 0.4) is 0 Å². The van der Waals surface area contributed by atoms with E-state index in [4.69, 9.17) is 0 Å². The van der Waals surface area contributed by atoms with E-state index in [-0.39, 0.29) is 11.1 Å². The molecule has 124 valence electrons. The lowest BCUT2D eigenvalue weighted by atomic mass is 9.79. The van der Waals surface area contributed by atoms with E-state index in [0.717, 1.165) is 6.54 Å². The Balaban J connectivity index is 2.28. The maximum absolute atomic E-state index is 11.9. The Bertz CT molecular complexity index is 300. The van der Waals surface area contributed by atoms with Gasteiger partial charge in [0.1, 0.15) is 5.78 Å². The highest BCUT2D eigenvalue weighted by atomic mass is 16.1. The Hall–Kier alpha value is -0.370. The highest BCUT2D eigenvalue weighted by molar-refractivity contribution is 5.81. The van der Waals surface area contributed by atoms with Gasteiger partial charge in [0, 0.05) is 23.9 Å². The van der Waals surface area contributed by atoms with Crippen molar-refractivity contribution in [3.63, 3.8) is 0 Å². The number of Topliss-reactive ketones (excluding diaryl/α,β-unsaturated/α-hetero) is 1. The van der Waals surface area contributed by atoms with Crippen molar-refractivity contribution < 1.29 is 4.79 Å². The van der Waals surface area contributed by atoms with Crippen LogP contribution < -0.4 is 0 Å². The summed E-state index contributed by atoms with van der Waals surface area (Å²) < 4.78 is 0. The number of unbranched alkanes of at least 4 members (excludes halogenated alkanes) is 7. The molecule has 1 saturated heterocycles. The zero-order valence-corrected chi connectivity index (χ0v) is 15.1. The fraction of sp³-hybridized carbons (Fsp3) is 0.947. The maximum Gasteiger partial charge on any atom is 0.136 e. The van der Waals surface area contributed by atoms with Crippen LogP contribution in [-0.4, -0.2) is 28.3 Å². The summed E-state index contributed by atoms with van der Waals surface area (Å²) in [6.07, 6.45) is 12.3. The molecule has 0 unspecified atom stereocenters. The topological polar surface area (TPSA) is 20.3 Å². The molecule has 1 fully saturated rings. The smallest absolute Gasteiger partial charge is 0.136 e. The van der Waals surface area contributed by atoms with Crippen LogP contribution in [0.1, 0.15) is 98.8 Å². The fourth-order valence-electron chi connectivity index (χ4n) is 4.05. The highest BCUT2D eigenvalue weighted by Gasteiger charge is 2.44. The third-order valence-electron chi connectivity index (χ3n) is 4.96. The lowest BCUT2D eigenvalue weighted by Crippen LogP contribution is -2.61. The van der Waals surface area contributed by atoms with Crippen LogP contribution in [0.4, 0.5) is 0 Å². The van der Waals surface area contributed by atoms with Crippen molar-refractivity contribution in [1.29, 1.82) is 0 Å². The molecule has 1 heterocycles. The molecule has 0 atom stereocenters. The molecule has 0 radical (unpaired) electrons. The minimum atomic E-state index is 0.0277. The van der Waals surface area contributed by atoms with Gasteiger partial charge < -0.3 is 0 Å². The van der Waals surface area contributed by atoms with Crippen LogP contribution in [0.5, 0.6) is 0 Å². The van der Waals surface area contributed by atoms with Gasteiger partial charge in [-0.25, -0.2) is 0 Å². The van der Waals surface area contributed by atoms with E-state index in [9.17, 15) is 4.79 Å². The number of hydrogen-bond acceptors (Lipinski definition) is 2. The van der Waals surface area contributed by atoms with Crippen LogP contribution in [0, 0.1) is 0 Å². The van der Waals surface area contributed by atoms with Crippen LogP contribution in [0.15, 0.2) is 0 Å². The summed E-state index contributed by atoms with van der Waals surface area (Å²) in [7, 11) is 0. The van der Waals surface area contributed by atoms with Gasteiger partial charge in [-0.05, 0) is 40.7 Å². The lowest BCUT2D eigenvalue weighted by Gasteiger charge is -2.52. The number of hydrogen-bond donors (Lipinski definition) is 0. The molecule has 0 aromatic rings. The monoisotopic (exact) mass is 295 g/mol. The molecule has 1 aliphatic heterocycles. The zero-order chi connectivity index (χ0) is 15.9. The van der Waals surface area contributed by atoms with Crippen molar-refractivity contribution in [2.45, 2.75) is 110 Å². The summed E-state index contributed by atoms with van der Waals surface area (Å²) in [4.78, 5) is 14.5. The molecule has 0 aliphatic carbocycles. The average Bonchev–Trinajstić information content (AvgIpc) is 2.33. The maximum atomic E-state index is 11.9. The minimum Gasteiger partial charge on any atom is -0.300 e. The molecule has 0 N–H and O–H groups in total. The molecule has 2 nitrogen and oxygen atoms in total. The molecule has 0 saturated carbocycles. The summed E-state index contributed by atoms with van der Waals surface area (Å²) in [5.74, 6) is 0.428. The van der Waals surface area contributed by atoms with Gasteiger partial charge in [0.2, 0.25) is 0 Å². The van der Waals surface area contributed by atoms with Gasteiger partial charge in [-0.1, -0.05) is 51.9 Å². The first-order valence-electron chi connectivity index (χ1n) is 9.09. The van der Waals surface area contributed by atoms with Crippen molar-refractivity contribution >= 4 is 5.78 Å². The van der Waals surface area contributed by atoms with Crippen molar-refractivity contribution in [1.82, 2.24) is 4.90 Å². The number of carbonyl (C=O) groups is 1. The van der Waals surface area contributed by atoms with E-state index in [1.165, 1.54) is 51.4 Å². The van der Waals surface area contributed by atoms with E-state index in [0.29, 0.717) is 18.6 Å². The number of carbonyl (C=O) groups excluding carboxylic acids is 1. The van der Waals surface area contributed by atoms with E-state index < -0.39 is 0 Å². The van der Waals surface area contributed by atoms with Gasteiger partial charge in [0.25, 0.3) is 0 Å². The number of rotatable bonds is 9. The highest BCUT2D eigenvalue weighted by Crippen LogP contribution is 2.36. The molecular formula is C19H37NO. The quantitative estimate of drug-likeness (QED) is 0.534. The third-order valence-corrected chi connectivity index (χ3v) is 4.96. The Morgan fingerprint density at radius 3 is 1.71 bits per heavy atom. The molecule has 1 rings (SSSR count). The fourth-order valence-corrected chi connectivity index (χ4v) is 4.05. The minimum absolute atomic E-state index is 0.0277. The Morgan fingerprint density at radius 1 is 0.810 bits per heavy atom. The number of ketones is 1. The molecule has 0 amide bonds. The van der Waals surface area contributed by atoms with Crippen molar-refractivity contribution in [2.75, 3.05) is 6.54 Å². The summed E-state index contributed by atoms with van der Waals surface area (Å²) in [5, 5.41) is 0. The van der Waals surface area contributed by atoms with E-state index in [1.54, 1.807) is 0 Å². The zero-order valence-electron chi connectivity index (χ0n) is 15.1. The third kappa shape index (κ3) is 6.10. The van der Waals surface area contributed by atoms with Gasteiger partial charge in [-0.2, -0.15) is 0 Å². The first-order valence-corrected chi connectivity index (χ1v) is 9.09. The Morgan fingerprint density at radius 2 is 1.24 bits per heavy atom. The van der Waals surface area contributed by atoms with Crippen LogP contribution in [0.25, 0.3) is 0 Å².